The number of hydrogen-bond donors (Lipinski definition) is 1. The number of ether oxygens (including phenoxy) is 1. The highest BCUT2D eigenvalue weighted by molar-refractivity contribution is 7.88. The molecule has 0 saturated carbocycles. The quantitative estimate of drug-likeness (QED) is 0.440. The molecule has 140 valence electrons. The summed E-state index contributed by atoms with van der Waals surface area (Å²) in [5.74, 6) is -2.02. The van der Waals surface area contributed by atoms with Crippen molar-refractivity contribution in [2.45, 2.75) is 32.7 Å². The highest BCUT2D eigenvalue weighted by Gasteiger charge is 2.49. The third-order valence-electron chi connectivity index (χ3n) is 3.20. The largest absolute Gasteiger partial charge is 0.534 e. The molecule has 0 aromatic heterocycles. The normalized spacial score (nSPS) is 13.2. The molecule has 0 radical (unpaired) electrons. The maximum atomic E-state index is 12.5. The monoisotopic (exact) mass is 382 g/mol. The van der Waals surface area contributed by atoms with E-state index in [2.05, 4.69) is 4.18 Å². The zero-order valence-corrected chi connectivity index (χ0v) is 14.5. The Balaban J connectivity index is 3.43. The molecule has 0 unspecified atom stereocenters. The second-order valence-corrected chi connectivity index (χ2v) is 6.38. The molecule has 1 aromatic carbocycles. The van der Waals surface area contributed by atoms with Crippen LogP contribution in [-0.4, -0.2) is 31.6 Å². The molecule has 25 heavy (non-hydrogen) atoms. The summed E-state index contributed by atoms with van der Waals surface area (Å²) < 4.78 is 69.0. The van der Waals surface area contributed by atoms with E-state index in [0.717, 1.165) is 6.07 Å². The number of benzene rings is 1. The average molecular weight is 382 g/mol. The minimum absolute atomic E-state index is 0.0367. The molecule has 0 amide bonds. The molecule has 0 atom stereocenters. The highest BCUT2D eigenvalue weighted by atomic mass is 32.2. The second kappa shape index (κ2) is 7.77. The summed E-state index contributed by atoms with van der Waals surface area (Å²) in [5, 5.41) is 9.10. The Morgan fingerprint density at radius 1 is 1.20 bits per heavy atom. The third-order valence-corrected chi connectivity index (χ3v) is 4.17. The van der Waals surface area contributed by atoms with Gasteiger partial charge in [-0.25, -0.2) is 4.79 Å². The zero-order valence-electron chi connectivity index (χ0n) is 13.7. The van der Waals surface area contributed by atoms with Gasteiger partial charge in [0.2, 0.25) is 0 Å². The number of halogens is 3. The van der Waals surface area contributed by atoms with Crippen LogP contribution in [0.15, 0.2) is 23.8 Å². The van der Waals surface area contributed by atoms with E-state index in [1.54, 1.807) is 13.8 Å². The van der Waals surface area contributed by atoms with E-state index in [1.165, 1.54) is 19.1 Å². The summed E-state index contributed by atoms with van der Waals surface area (Å²) in [7, 11) is -5.85. The standard InChI is InChI=1S/C15H17F3O6S/c1-4-11(9(3)14(19)20)10-6-7-12(13(8-10)23-5-2)24-25(21,22)15(16,17)18/h6-8H,4-5H2,1-3H3,(H,19,20). The molecule has 0 aliphatic carbocycles. The van der Waals surface area contributed by atoms with Gasteiger partial charge in [0.05, 0.1) is 6.61 Å². The van der Waals surface area contributed by atoms with Gasteiger partial charge in [-0.3, -0.25) is 0 Å². The van der Waals surface area contributed by atoms with Gasteiger partial charge in [0.25, 0.3) is 0 Å². The fraction of sp³-hybridized carbons (Fsp3) is 0.400. The molecule has 0 aliphatic rings. The van der Waals surface area contributed by atoms with Crippen molar-refractivity contribution in [3.05, 3.63) is 29.3 Å². The first kappa shape index (κ1) is 20.8. The Hall–Kier alpha value is -2.23. The van der Waals surface area contributed by atoms with Crippen LogP contribution in [0.4, 0.5) is 13.2 Å². The van der Waals surface area contributed by atoms with Crippen LogP contribution in [0, 0.1) is 0 Å². The minimum Gasteiger partial charge on any atom is -0.490 e. The molecule has 0 aliphatic heterocycles. The van der Waals surface area contributed by atoms with Crippen molar-refractivity contribution in [2.24, 2.45) is 0 Å². The molecule has 0 heterocycles. The predicted octanol–water partition coefficient (Wildman–Crippen LogP) is 3.58. The van der Waals surface area contributed by atoms with E-state index in [9.17, 15) is 26.4 Å². The summed E-state index contributed by atoms with van der Waals surface area (Å²) in [5.41, 5.74) is -4.72. The molecule has 6 nitrogen and oxygen atoms in total. The first-order valence-corrected chi connectivity index (χ1v) is 8.56. The number of carboxylic acids is 1. The summed E-state index contributed by atoms with van der Waals surface area (Å²) in [4.78, 5) is 11.1. The lowest BCUT2D eigenvalue weighted by Crippen LogP contribution is -2.28. The summed E-state index contributed by atoms with van der Waals surface area (Å²) in [6.45, 7) is 4.68. The van der Waals surface area contributed by atoms with Gasteiger partial charge in [-0.1, -0.05) is 13.0 Å². The minimum atomic E-state index is -5.85. The molecule has 1 rings (SSSR count). The average Bonchev–Trinajstić information content (AvgIpc) is 2.49. The predicted molar refractivity (Wildman–Crippen MR) is 83.7 cm³/mol. The first-order valence-electron chi connectivity index (χ1n) is 7.15. The van der Waals surface area contributed by atoms with E-state index >= 15 is 0 Å². The molecule has 0 fully saturated rings. The van der Waals surface area contributed by atoms with E-state index in [-0.39, 0.29) is 17.9 Å². The van der Waals surface area contributed by atoms with Crippen LogP contribution in [0.1, 0.15) is 32.8 Å². The molecule has 1 N–H and O–H groups in total. The van der Waals surface area contributed by atoms with Crippen molar-refractivity contribution in [1.82, 2.24) is 0 Å². The fourth-order valence-corrected chi connectivity index (χ4v) is 2.48. The number of rotatable bonds is 7. The number of carboxylic acid groups (broad SMARTS) is 1. The van der Waals surface area contributed by atoms with Crippen LogP contribution < -0.4 is 8.92 Å². The molecule has 0 spiro atoms. The highest BCUT2D eigenvalue weighted by Crippen LogP contribution is 2.36. The van der Waals surface area contributed by atoms with Crippen molar-refractivity contribution in [1.29, 1.82) is 0 Å². The topological polar surface area (TPSA) is 89.9 Å². The summed E-state index contributed by atoms with van der Waals surface area (Å²) >= 11 is 0. The molecule has 0 bridgehead atoms. The molecular weight excluding hydrogens is 365 g/mol. The Morgan fingerprint density at radius 3 is 2.24 bits per heavy atom. The van der Waals surface area contributed by atoms with Crippen molar-refractivity contribution in [2.75, 3.05) is 6.61 Å². The Kier molecular flexibility index (Phi) is 6.47. The Morgan fingerprint density at radius 2 is 1.80 bits per heavy atom. The smallest absolute Gasteiger partial charge is 0.490 e. The molecule has 0 saturated heterocycles. The zero-order chi connectivity index (χ0) is 19.4. The van der Waals surface area contributed by atoms with E-state index < -0.39 is 27.3 Å². The van der Waals surface area contributed by atoms with Gasteiger partial charge in [-0.05, 0) is 43.5 Å². The fourth-order valence-electron chi connectivity index (χ4n) is 2.01. The van der Waals surface area contributed by atoms with Gasteiger partial charge in [-0.2, -0.15) is 21.6 Å². The third kappa shape index (κ3) is 4.88. The van der Waals surface area contributed by atoms with Gasteiger partial charge in [0.1, 0.15) is 0 Å². The lowest BCUT2D eigenvalue weighted by molar-refractivity contribution is -0.132. The lowest BCUT2D eigenvalue weighted by Gasteiger charge is -2.15. The van der Waals surface area contributed by atoms with Crippen molar-refractivity contribution in [3.63, 3.8) is 0 Å². The van der Waals surface area contributed by atoms with Gasteiger partial charge in [-0.15, -0.1) is 0 Å². The van der Waals surface area contributed by atoms with E-state index in [1.807, 2.05) is 0 Å². The maximum absolute atomic E-state index is 12.5. The van der Waals surface area contributed by atoms with Crippen LogP contribution in [0.2, 0.25) is 0 Å². The van der Waals surface area contributed by atoms with Crippen LogP contribution in [0.25, 0.3) is 5.57 Å². The summed E-state index contributed by atoms with van der Waals surface area (Å²) in [6, 6.07) is 3.51. The molecule has 1 aromatic rings. The van der Waals surface area contributed by atoms with Crippen LogP contribution in [0.3, 0.4) is 0 Å². The maximum Gasteiger partial charge on any atom is 0.534 e. The number of carbonyl (C=O) groups is 1. The number of allylic oxidation sites excluding steroid dienone is 1. The SMILES string of the molecule is CCOc1cc(C(CC)=C(C)C(=O)O)ccc1OS(=O)(=O)C(F)(F)F. The van der Waals surface area contributed by atoms with Gasteiger partial charge in [0, 0.05) is 5.57 Å². The van der Waals surface area contributed by atoms with Crippen molar-refractivity contribution < 1.29 is 40.4 Å². The van der Waals surface area contributed by atoms with E-state index in [4.69, 9.17) is 9.84 Å². The Labute approximate surface area is 143 Å². The summed E-state index contributed by atoms with van der Waals surface area (Å²) in [6.07, 6.45) is 0.338. The molecule has 10 heteroatoms. The van der Waals surface area contributed by atoms with Crippen LogP contribution >= 0.6 is 0 Å². The van der Waals surface area contributed by atoms with Crippen LogP contribution in [0.5, 0.6) is 11.5 Å². The second-order valence-electron chi connectivity index (χ2n) is 4.84. The van der Waals surface area contributed by atoms with E-state index in [0.29, 0.717) is 17.6 Å². The number of aliphatic carboxylic acids is 1. The van der Waals surface area contributed by atoms with Crippen molar-refractivity contribution >= 4 is 21.7 Å². The number of hydrogen-bond acceptors (Lipinski definition) is 5. The Bertz CT molecular complexity index is 781. The van der Waals surface area contributed by atoms with Gasteiger partial charge in [0.15, 0.2) is 11.5 Å². The van der Waals surface area contributed by atoms with Gasteiger partial charge >= 0.3 is 21.6 Å². The van der Waals surface area contributed by atoms with Crippen molar-refractivity contribution in [3.8, 4) is 11.5 Å². The number of alkyl halides is 3. The molecular formula is C15H17F3O6S. The first-order chi connectivity index (χ1) is 11.4. The van der Waals surface area contributed by atoms with Crippen LogP contribution in [-0.2, 0) is 14.9 Å². The van der Waals surface area contributed by atoms with Gasteiger partial charge < -0.3 is 14.0 Å². The lowest BCUT2D eigenvalue weighted by atomic mass is 9.98.